The maximum Gasteiger partial charge on any atom is 0.329 e. The highest BCUT2D eigenvalue weighted by Gasteiger charge is 2.27. The van der Waals surface area contributed by atoms with Crippen LogP contribution in [0.1, 0.15) is 26.2 Å². The molecule has 0 unspecified atom stereocenters. The van der Waals surface area contributed by atoms with Crippen molar-refractivity contribution in [1.82, 2.24) is 5.32 Å². The zero-order chi connectivity index (χ0) is 19.6. The predicted molar refractivity (Wildman–Crippen MR) is 88.0 cm³/mol. The van der Waals surface area contributed by atoms with Crippen LogP contribution < -0.4 is 11.1 Å². The maximum absolute atomic E-state index is 12.1. The second-order valence-electron chi connectivity index (χ2n) is 5.31. The first-order valence-electron chi connectivity index (χ1n) is 7.35. The van der Waals surface area contributed by atoms with Crippen LogP contribution in [-0.4, -0.2) is 64.3 Å². The monoisotopic (exact) mass is 378 g/mol. The van der Waals surface area contributed by atoms with Crippen LogP contribution >= 0.6 is 12.6 Å². The molecule has 0 rings (SSSR count). The first-order chi connectivity index (χ1) is 11.6. The van der Waals surface area contributed by atoms with Gasteiger partial charge in [-0.3, -0.25) is 19.2 Å². The molecule has 0 saturated carbocycles. The second-order valence-corrected chi connectivity index (χ2v) is 5.67. The number of carboxylic acids is 2. The summed E-state index contributed by atoms with van der Waals surface area (Å²) in [5, 5.41) is 19.8. The van der Waals surface area contributed by atoms with Crippen molar-refractivity contribution in [1.29, 1.82) is 0 Å². The van der Waals surface area contributed by atoms with Crippen molar-refractivity contribution >= 4 is 42.2 Å². The zero-order valence-electron chi connectivity index (χ0n) is 13.6. The Hall–Kier alpha value is -2.14. The molecule has 0 fully saturated rings. The lowest BCUT2D eigenvalue weighted by Gasteiger charge is -2.18. The molecule has 0 aromatic heterocycles. The third kappa shape index (κ3) is 9.67. The Morgan fingerprint density at radius 2 is 1.76 bits per heavy atom. The molecular formula is C14H22N2O8S. The minimum Gasteiger partial charge on any atom is -0.480 e. The predicted octanol–water partition coefficient (Wildman–Crippen LogP) is -1.18. The topological polar surface area (TPSA) is 173 Å². The Morgan fingerprint density at radius 3 is 2.20 bits per heavy atom. The minimum absolute atomic E-state index is 0.0253. The van der Waals surface area contributed by atoms with Gasteiger partial charge in [-0.2, -0.15) is 12.6 Å². The standard InChI is InChI=1S/C14H22N2O8S/c1-7(17)24-5-11(14(22)23)16-12(19)8(6-25)4-9(18)2-3-10(15)13(20)21/h8,10-11,25H,2-6,15H2,1H3,(H,16,19)(H,20,21)(H,22,23)/t8-,10-,11-/m0/s1. The number of nitrogens with two attached hydrogens (primary N) is 1. The van der Waals surface area contributed by atoms with Crippen molar-refractivity contribution in [3.05, 3.63) is 0 Å². The van der Waals surface area contributed by atoms with E-state index in [1.54, 1.807) is 0 Å². The van der Waals surface area contributed by atoms with Crippen LogP contribution in [0.4, 0.5) is 0 Å². The number of hydrogen-bond donors (Lipinski definition) is 5. The summed E-state index contributed by atoms with van der Waals surface area (Å²) in [5.74, 6) is -5.38. The molecule has 1 amide bonds. The second kappa shape index (κ2) is 11.4. The smallest absolute Gasteiger partial charge is 0.329 e. The molecule has 0 aromatic carbocycles. The number of aliphatic carboxylic acids is 2. The highest BCUT2D eigenvalue weighted by Crippen LogP contribution is 2.11. The van der Waals surface area contributed by atoms with Crippen molar-refractivity contribution in [3.8, 4) is 0 Å². The van der Waals surface area contributed by atoms with E-state index < -0.39 is 54.2 Å². The molecule has 0 aromatic rings. The van der Waals surface area contributed by atoms with Crippen LogP contribution in [0.25, 0.3) is 0 Å². The quantitative estimate of drug-likeness (QED) is 0.207. The Morgan fingerprint density at radius 1 is 1.16 bits per heavy atom. The molecule has 25 heavy (non-hydrogen) atoms. The summed E-state index contributed by atoms with van der Waals surface area (Å²) in [5.41, 5.74) is 5.29. The Bertz CT molecular complexity index is 525. The van der Waals surface area contributed by atoms with Crippen molar-refractivity contribution in [3.63, 3.8) is 0 Å². The SMILES string of the molecule is CC(=O)OC[C@H](NC(=O)[C@H](CS)CC(=O)CC[C@H](N)C(=O)O)C(=O)O. The summed E-state index contributed by atoms with van der Waals surface area (Å²) in [7, 11) is 0. The van der Waals surface area contributed by atoms with Gasteiger partial charge in [-0.1, -0.05) is 0 Å². The molecule has 0 saturated heterocycles. The average Bonchev–Trinajstić information content (AvgIpc) is 2.53. The normalized spacial score (nSPS) is 14.0. The van der Waals surface area contributed by atoms with Crippen molar-refractivity contribution in [2.75, 3.05) is 12.4 Å². The number of carbonyl (C=O) groups is 5. The minimum atomic E-state index is -1.45. The fourth-order valence-electron chi connectivity index (χ4n) is 1.72. The summed E-state index contributed by atoms with van der Waals surface area (Å²) in [6, 6.07) is -2.62. The maximum atomic E-state index is 12.1. The van der Waals surface area contributed by atoms with E-state index >= 15 is 0 Å². The Balaban J connectivity index is 4.61. The summed E-state index contributed by atoms with van der Waals surface area (Å²) in [6.45, 7) is 0.550. The van der Waals surface area contributed by atoms with Crippen LogP contribution in [0.3, 0.4) is 0 Å². The van der Waals surface area contributed by atoms with Crippen molar-refractivity contribution in [2.24, 2.45) is 11.7 Å². The van der Waals surface area contributed by atoms with E-state index in [9.17, 15) is 24.0 Å². The van der Waals surface area contributed by atoms with Gasteiger partial charge in [0.25, 0.3) is 0 Å². The van der Waals surface area contributed by atoms with Gasteiger partial charge in [0.05, 0.1) is 5.92 Å². The van der Waals surface area contributed by atoms with Gasteiger partial charge in [0.1, 0.15) is 18.4 Å². The summed E-state index contributed by atoms with van der Waals surface area (Å²) >= 11 is 3.97. The third-order valence-electron chi connectivity index (χ3n) is 3.18. The van der Waals surface area contributed by atoms with Gasteiger partial charge in [-0.05, 0) is 6.42 Å². The highest BCUT2D eigenvalue weighted by molar-refractivity contribution is 7.80. The van der Waals surface area contributed by atoms with E-state index in [1.807, 2.05) is 0 Å². The number of carbonyl (C=O) groups excluding carboxylic acids is 3. The van der Waals surface area contributed by atoms with E-state index in [0.717, 1.165) is 6.92 Å². The molecule has 0 bridgehead atoms. The number of hydrogen-bond acceptors (Lipinski definition) is 8. The van der Waals surface area contributed by atoms with E-state index in [0.29, 0.717) is 0 Å². The number of Topliss-reactive ketones (excluding diaryl/α,β-unsaturated/α-hetero) is 1. The number of ether oxygens (including phenoxy) is 1. The number of nitrogens with one attached hydrogen (secondary N) is 1. The largest absolute Gasteiger partial charge is 0.480 e. The summed E-state index contributed by atoms with van der Waals surface area (Å²) in [6.07, 6.45) is -0.429. The zero-order valence-corrected chi connectivity index (χ0v) is 14.5. The van der Waals surface area contributed by atoms with Crippen LogP contribution in [-0.2, 0) is 28.7 Å². The van der Waals surface area contributed by atoms with E-state index in [1.165, 1.54) is 0 Å². The van der Waals surface area contributed by atoms with Gasteiger partial charge in [-0.15, -0.1) is 0 Å². The van der Waals surface area contributed by atoms with Gasteiger partial charge in [0, 0.05) is 25.5 Å². The molecule has 0 aliphatic carbocycles. The Labute approximate surface area is 149 Å². The molecule has 0 aliphatic heterocycles. The molecule has 0 aliphatic rings. The molecule has 5 N–H and O–H groups in total. The van der Waals surface area contributed by atoms with Crippen LogP contribution in [0.15, 0.2) is 0 Å². The summed E-state index contributed by atoms with van der Waals surface area (Å²) < 4.78 is 4.56. The van der Waals surface area contributed by atoms with Gasteiger partial charge < -0.3 is 26.0 Å². The molecule has 0 radical (unpaired) electrons. The van der Waals surface area contributed by atoms with Crippen molar-refractivity contribution < 1.29 is 38.9 Å². The molecule has 0 heterocycles. The highest BCUT2D eigenvalue weighted by atomic mass is 32.1. The van der Waals surface area contributed by atoms with E-state index in [-0.39, 0.29) is 25.0 Å². The van der Waals surface area contributed by atoms with Crippen LogP contribution in [0.5, 0.6) is 0 Å². The van der Waals surface area contributed by atoms with Crippen molar-refractivity contribution in [2.45, 2.75) is 38.3 Å². The molecule has 3 atom stereocenters. The lowest BCUT2D eigenvalue weighted by atomic mass is 9.99. The number of ketones is 1. The third-order valence-corrected chi connectivity index (χ3v) is 3.63. The lowest BCUT2D eigenvalue weighted by Crippen LogP contribution is -2.47. The number of amides is 1. The van der Waals surface area contributed by atoms with E-state index in [4.69, 9.17) is 15.9 Å². The fraction of sp³-hybridized carbons (Fsp3) is 0.643. The van der Waals surface area contributed by atoms with Gasteiger partial charge in [-0.25, -0.2) is 4.79 Å². The number of thiol groups is 1. The van der Waals surface area contributed by atoms with E-state index in [2.05, 4.69) is 22.7 Å². The first-order valence-corrected chi connectivity index (χ1v) is 7.99. The van der Waals surface area contributed by atoms with Gasteiger partial charge >= 0.3 is 17.9 Å². The number of esters is 1. The first kappa shape index (κ1) is 22.9. The van der Waals surface area contributed by atoms with Gasteiger partial charge in [0.15, 0.2) is 6.04 Å². The van der Waals surface area contributed by atoms with Crippen LogP contribution in [0.2, 0.25) is 0 Å². The lowest BCUT2D eigenvalue weighted by molar-refractivity contribution is -0.149. The molecule has 142 valence electrons. The number of carboxylic acid groups (broad SMARTS) is 2. The average molecular weight is 378 g/mol. The van der Waals surface area contributed by atoms with Gasteiger partial charge in [0.2, 0.25) is 5.91 Å². The molecular weight excluding hydrogens is 356 g/mol. The molecule has 0 spiro atoms. The summed E-state index contributed by atoms with van der Waals surface area (Å²) in [4.78, 5) is 56.3. The number of rotatable bonds is 12. The Kier molecular flexibility index (Phi) is 10.4. The molecule has 10 nitrogen and oxygen atoms in total. The van der Waals surface area contributed by atoms with Crippen LogP contribution in [0, 0.1) is 5.92 Å². The fourth-order valence-corrected chi connectivity index (χ4v) is 2.02. The molecule has 11 heteroatoms.